The molecule has 4 nitrogen and oxygen atoms in total. The normalized spacial score (nSPS) is 19.7. The fourth-order valence-electron chi connectivity index (χ4n) is 2.42. The summed E-state index contributed by atoms with van der Waals surface area (Å²) >= 11 is 3.45. The van der Waals surface area contributed by atoms with Gasteiger partial charge in [-0.2, -0.15) is 0 Å². The molecule has 1 amide bonds. The number of hydrogen-bond donors (Lipinski definition) is 2. The van der Waals surface area contributed by atoms with Gasteiger partial charge in [-0.15, -0.1) is 0 Å². The number of hydrogen-bond acceptors (Lipinski definition) is 3. The Morgan fingerprint density at radius 2 is 2.28 bits per heavy atom. The van der Waals surface area contributed by atoms with Crippen molar-refractivity contribution in [3.63, 3.8) is 0 Å². The second-order valence-electron chi connectivity index (χ2n) is 4.52. The largest absolute Gasteiger partial charge is 0.397 e. The van der Waals surface area contributed by atoms with Gasteiger partial charge in [0.2, 0.25) is 5.91 Å². The summed E-state index contributed by atoms with van der Waals surface area (Å²) in [5, 5.41) is 2.74. The van der Waals surface area contributed by atoms with E-state index in [0.29, 0.717) is 5.69 Å². The third-order valence-corrected chi connectivity index (χ3v) is 3.85. The topological polar surface area (TPSA) is 58.4 Å². The third kappa shape index (κ3) is 2.61. The molecule has 5 heteroatoms. The second kappa shape index (κ2) is 5.61. The number of likely N-dealkylation sites (N-methyl/N-ethyl adjacent to an activating group) is 1. The fourth-order valence-corrected chi connectivity index (χ4v) is 2.77. The number of carbonyl (C=O) groups is 1. The molecule has 1 aliphatic heterocycles. The van der Waals surface area contributed by atoms with E-state index >= 15 is 0 Å². The van der Waals surface area contributed by atoms with E-state index in [1.165, 1.54) is 0 Å². The van der Waals surface area contributed by atoms with Gasteiger partial charge < -0.3 is 16.0 Å². The Bertz CT molecular complexity index is 450. The Kier molecular flexibility index (Phi) is 4.11. The van der Waals surface area contributed by atoms with Crippen molar-refractivity contribution in [3.05, 3.63) is 22.7 Å². The first kappa shape index (κ1) is 13.2. The Hall–Kier alpha value is -1.23. The molecule has 3 N–H and O–H groups in total. The van der Waals surface area contributed by atoms with Crippen LogP contribution in [0.2, 0.25) is 0 Å². The van der Waals surface area contributed by atoms with Gasteiger partial charge in [-0.1, -0.05) is 15.9 Å². The van der Waals surface area contributed by atoms with Crippen LogP contribution in [-0.4, -0.2) is 25.5 Å². The monoisotopic (exact) mass is 311 g/mol. The molecule has 1 fully saturated rings. The maximum absolute atomic E-state index is 11.9. The maximum Gasteiger partial charge on any atom is 0.242 e. The summed E-state index contributed by atoms with van der Waals surface area (Å²) in [5.41, 5.74) is 7.69. The standard InChI is InChI=1S/C13H18BrN3O/c1-16-13(18)11-4-2-3-7-17(11)12-8-9(14)5-6-10(12)15/h5-6,8,11H,2-4,7,15H2,1H3,(H,16,18). The summed E-state index contributed by atoms with van der Waals surface area (Å²) in [4.78, 5) is 14.1. The molecule has 0 radical (unpaired) electrons. The van der Waals surface area contributed by atoms with Crippen molar-refractivity contribution in [1.82, 2.24) is 5.32 Å². The molecule has 1 aliphatic rings. The Morgan fingerprint density at radius 1 is 1.50 bits per heavy atom. The van der Waals surface area contributed by atoms with Crippen molar-refractivity contribution in [2.75, 3.05) is 24.2 Å². The lowest BCUT2D eigenvalue weighted by atomic mass is 10.00. The first-order valence-corrected chi connectivity index (χ1v) is 6.96. The van der Waals surface area contributed by atoms with Crippen LogP contribution in [-0.2, 0) is 4.79 Å². The van der Waals surface area contributed by atoms with Crippen molar-refractivity contribution < 1.29 is 4.79 Å². The highest BCUT2D eigenvalue weighted by atomic mass is 79.9. The molecule has 1 unspecified atom stereocenters. The molecule has 0 saturated carbocycles. The average molecular weight is 312 g/mol. The van der Waals surface area contributed by atoms with Crippen LogP contribution < -0.4 is 16.0 Å². The lowest BCUT2D eigenvalue weighted by molar-refractivity contribution is -0.122. The minimum Gasteiger partial charge on any atom is -0.397 e. The summed E-state index contributed by atoms with van der Waals surface area (Å²) in [6, 6.07) is 5.66. The lowest BCUT2D eigenvalue weighted by Gasteiger charge is -2.37. The van der Waals surface area contributed by atoms with Gasteiger partial charge in [-0.3, -0.25) is 4.79 Å². The number of nitrogens with zero attached hydrogens (tertiary/aromatic N) is 1. The van der Waals surface area contributed by atoms with Gasteiger partial charge in [0.1, 0.15) is 6.04 Å². The highest BCUT2D eigenvalue weighted by Crippen LogP contribution is 2.32. The van der Waals surface area contributed by atoms with Gasteiger partial charge in [-0.05, 0) is 37.5 Å². The molecule has 98 valence electrons. The molecule has 1 heterocycles. The van der Waals surface area contributed by atoms with Gasteiger partial charge in [0, 0.05) is 18.1 Å². The molecule has 1 aromatic carbocycles. The van der Waals surface area contributed by atoms with Gasteiger partial charge in [0.25, 0.3) is 0 Å². The number of rotatable bonds is 2. The number of halogens is 1. The number of nitrogens with one attached hydrogen (secondary N) is 1. The van der Waals surface area contributed by atoms with Gasteiger partial charge in [-0.25, -0.2) is 0 Å². The van der Waals surface area contributed by atoms with E-state index in [9.17, 15) is 4.79 Å². The first-order valence-electron chi connectivity index (χ1n) is 6.16. The predicted molar refractivity (Wildman–Crippen MR) is 77.6 cm³/mol. The van der Waals surface area contributed by atoms with Crippen molar-refractivity contribution >= 4 is 33.2 Å². The second-order valence-corrected chi connectivity index (χ2v) is 5.44. The molecule has 0 aromatic heterocycles. The third-order valence-electron chi connectivity index (χ3n) is 3.35. The van der Waals surface area contributed by atoms with Crippen LogP contribution in [0.3, 0.4) is 0 Å². The van der Waals surface area contributed by atoms with Crippen molar-refractivity contribution in [2.24, 2.45) is 0 Å². The van der Waals surface area contributed by atoms with Crippen LogP contribution in [0.15, 0.2) is 22.7 Å². The predicted octanol–water partition coefficient (Wildman–Crippen LogP) is 2.14. The minimum absolute atomic E-state index is 0.0640. The van der Waals surface area contributed by atoms with Crippen molar-refractivity contribution in [3.8, 4) is 0 Å². The number of benzene rings is 1. The zero-order chi connectivity index (χ0) is 13.1. The summed E-state index contributed by atoms with van der Waals surface area (Å²) in [5.74, 6) is 0.0640. The van der Waals surface area contributed by atoms with E-state index in [-0.39, 0.29) is 11.9 Å². The van der Waals surface area contributed by atoms with Crippen LogP contribution in [0.1, 0.15) is 19.3 Å². The Morgan fingerprint density at radius 3 is 3.00 bits per heavy atom. The summed E-state index contributed by atoms with van der Waals surface area (Å²) in [6.45, 7) is 0.874. The van der Waals surface area contributed by atoms with Gasteiger partial charge in [0.15, 0.2) is 0 Å². The zero-order valence-electron chi connectivity index (χ0n) is 10.4. The first-order chi connectivity index (χ1) is 8.63. The molecule has 0 bridgehead atoms. The highest BCUT2D eigenvalue weighted by molar-refractivity contribution is 9.10. The molecule has 2 rings (SSSR count). The van der Waals surface area contributed by atoms with Crippen LogP contribution >= 0.6 is 15.9 Å². The Labute approximate surface area is 116 Å². The quantitative estimate of drug-likeness (QED) is 0.823. The Balaban J connectivity index is 2.33. The summed E-state index contributed by atoms with van der Waals surface area (Å²) in [6.07, 6.45) is 3.06. The molecule has 1 aromatic rings. The highest BCUT2D eigenvalue weighted by Gasteiger charge is 2.29. The van der Waals surface area contributed by atoms with E-state index < -0.39 is 0 Å². The van der Waals surface area contributed by atoms with E-state index in [1.54, 1.807) is 7.05 Å². The molecule has 18 heavy (non-hydrogen) atoms. The van der Waals surface area contributed by atoms with E-state index in [1.807, 2.05) is 18.2 Å². The molecular weight excluding hydrogens is 294 g/mol. The average Bonchev–Trinajstić information content (AvgIpc) is 2.40. The van der Waals surface area contributed by atoms with Crippen LogP contribution in [0.5, 0.6) is 0 Å². The SMILES string of the molecule is CNC(=O)C1CCCCN1c1cc(Br)ccc1N. The number of nitrogen functional groups attached to an aromatic ring is 1. The number of carbonyl (C=O) groups excluding carboxylic acids is 1. The molecular formula is C13H18BrN3O. The minimum atomic E-state index is -0.111. The maximum atomic E-state index is 11.9. The summed E-state index contributed by atoms with van der Waals surface area (Å²) < 4.78 is 0.980. The van der Waals surface area contributed by atoms with Crippen LogP contribution in [0, 0.1) is 0 Å². The van der Waals surface area contributed by atoms with E-state index in [4.69, 9.17) is 5.73 Å². The molecule has 0 spiro atoms. The number of nitrogens with two attached hydrogens (primary N) is 1. The van der Waals surface area contributed by atoms with Crippen LogP contribution in [0.25, 0.3) is 0 Å². The number of amides is 1. The van der Waals surface area contributed by atoms with Gasteiger partial charge in [0.05, 0.1) is 11.4 Å². The fraction of sp³-hybridized carbons (Fsp3) is 0.462. The summed E-state index contributed by atoms with van der Waals surface area (Å²) in [7, 11) is 1.68. The molecule has 1 atom stereocenters. The van der Waals surface area contributed by atoms with E-state index in [0.717, 1.165) is 36.0 Å². The smallest absolute Gasteiger partial charge is 0.242 e. The van der Waals surface area contributed by atoms with Crippen molar-refractivity contribution in [2.45, 2.75) is 25.3 Å². The lowest BCUT2D eigenvalue weighted by Crippen LogP contribution is -2.49. The van der Waals surface area contributed by atoms with Crippen LogP contribution in [0.4, 0.5) is 11.4 Å². The van der Waals surface area contributed by atoms with Gasteiger partial charge >= 0.3 is 0 Å². The molecule has 1 saturated heterocycles. The zero-order valence-corrected chi connectivity index (χ0v) is 12.0. The number of piperidine rings is 1. The number of anilines is 2. The van der Waals surface area contributed by atoms with Crippen molar-refractivity contribution in [1.29, 1.82) is 0 Å². The molecule has 0 aliphatic carbocycles. The van der Waals surface area contributed by atoms with E-state index in [2.05, 4.69) is 26.1 Å².